The average Bonchev–Trinajstić information content (AvgIpc) is 0.811. The summed E-state index contributed by atoms with van der Waals surface area (Å²) in [6.07, 6.45) is 0. The summed E-state index contributed by atoms with van der Waals surface area (Å²) in [5, 5.41) is 22.8. The summed E-state index contributed by atoms with van der Waals surface area (Å²) in [6, 6.07) is 0. The first-order chi connectivity index (χ1) is 1.73. The van der Waals surface area contributed by atoms with E-state index in [0.29, 0.717) is 0 Å². The van der Waals surface area contributed by atoms with E-state index >= 15 is 0 Å². The van der Waals surface area contributed by atoms with Crippen LogP contribution < -0.4 is 23.9 Å². The van der Waals surface area contributed by atoms with E-state index < -0.39 is 7.32 Å². The van der Waals surface area contributed by atoms with E-state index in [0.717, 1.165) is 0 Å². The summed E-state index contributed by atoms with van der Waals surface area (Å²) in [5.74, 6) is 0. The summed E-state index contributed by atoms with van der Waals surface area (Å²) in [7, 11) is -2.42. The second-order valence-electron chi connectivity index (χ2n) is 0.326. The standard InChI is InChI=1S/BH2O3.Li.2H3P/c2-1(3)4;;;/h2-3H;;2*1H3/q-1;+1;;. The Morgan fingerprint density at radius 3 is 1.14 bits per heavy atom. The largest absolute Gasteiger partial charge is 1.00 e. The summed E-state index contributed by atoms with van der Waals surface area (Å²) >= 11 is 0. The Bertz CT molecular complexity index is 17.7. The quantitative estimate of drug-likeness (QED) is 0.257. The maximum atomic E-state index is 8.64. The molecular formula is H8BLiO3P2. The minimum absolute atomic E-state index is 0. The van der Waals surface area contributed by atoms with Crippen molar-refractivity contribution in [2.75, 3.05) is 0 Å². The molecule has 7 heavy (non-hydrogen) atoms. The fourth-order valence-corrected chi connectivity index (χ4v) is 0. The first kappa shape index (κ1) is 23.8. The molecule has 3 nitrogen and oxygen atoms in total. The third-order valence-electron chi connectivity index (χ3n) is 0. The molecule has 7 heteroatoms. The van der Waals surface area contributed by atoms with Gasteiger partial charge in [0.05, 0.1) is 0 Å². The Hall–Kier alpha value is 1.40. The molecule has 2 N–H and O–H groups in total. The number of rotatable bonds is 0. The van der Waals surface area contributed by atoms with Crippen LogP contribution in [-0.4, -0.2) is 17.4 Å². The van der Waals surface area contributed by atoms with E-state index in [4.69, 9.17) is 15.1 Å². The van der Waals surface area contributed by atoms with Gasteiger partial charge in [-0.25, -0.2) is 0 Å². The molecule has 40 valence electrons. The van der Waals surface area contributed by atoms with Crippen LogP contribution in [0, 0.1) is 0 Å². The molecule has 0 bridgehead atoms. The van der Waals surface area contributed by atoms with E-state index in [2.05, 4.69) is 0 Å². The van der Waals surface area contributed by atoms with Crippen LogP contribution in [0.4, 0.5) is 0 Å². The van der Waals surface area contributed by atoms with Crippen LogP contribution in [-0.2, 0) is 0 Å². The number of hydrogen-bond acceptors (Lipinski definition) is 3. The van der Waals surface area contributed by atoms with Gasteiger partial charge in [-0.15, -0.1) is 0 Å². The van der Waals surface area contributed by atoms with Crippen molar-refractivity contribution in [3.8, 4) is 0 Å². The zero-order valence-electron chi connectivity index (χ0n) is 4.29. The van der Waals surface area contributed by atoms with Crippen molar-refractivity contribution >= 4 is 27.1 Å². The first-order valence-electron chi connectivity index (χ1n) is 0.752. The third kappa shape index (κ3) is 110. The van der Waals surface area contributed by atoms with Crippen molar-refractivity contribution in [3.63, 3.8) is 0 Å². The maximum Gasteiger partial charge on any atom is 1.00 e. The van der Waals surface area contributed by atoms with E-state index in [1.54, 1.807) is 0 Å². The van der Waals surface area contributed by atoms with Crippen LogP contribution in [0.2, 0.25) is 0 Å². The molecule has 0 amide bonds. The summed E-state index contributed by atoms with van der Waals surface area (Å²) < 4.78 is 0. The molecule has 0 rings (SSSR count). The van der Waals surface area contributed by atoms with Gasteiger partial charge < -0.3 is 15.1 Å². The Labute approximate surface area is 61.5 Å². The molecule has 0 aromatic carbocycles. The van der Waals surface area contributed by atoms with Gasteiger partial charge in [0, 0.05) is 0 Å². The molecule has 0 aliphatic heterocycles. The van der Waals surface area contributed by atoms with Crippen LogP contribution in [0.25, 0.3) is 0 Å². The summed E-state index contributed by atoms with van der Waals surface area (Å²) in [4.78, 5) is 0. The maximum absolute atomic E-state index is 8.64. The first-order valence-corrected chi connectivity index (χ1v) is 0.752. The molecule has 0 spiro atoms. The van der Waals surface area contributed by atoms with Gasteiger partial charge in [-0.3, -0.25) is 0 Å². The Kier molecular flexibility index (Phi) is 53.1. The molecule has 0 radical (unpaired) electrons. The average molecular weight is 136 g/mol. The van der Waals surface area contributed by atoms with E-state index in [1.165, 1.54) is 0 Å². The minimum Gasteiger partial charge on any atom is -0.832 e. The molecule has 0 fully saturated rings. The predicted molar refractivity (Wildman–Crippen MR) is 32.4 cm³/mol. The van der Waals surface area contributed by atoms with Crippen molar-refractivity contribution in [3.05, 3.63) is 0 Å². The van der Waals surface area contributed by atoms with Gasteiger partial charge >= 0.3 is 26.2 Å². The monoisotopic (exact) mass is 136 g/mol. The molecule has 0 aromatic rings. The summed E-state index contributed by atoms with van der Waals surface area (Å²) in [5.41, 5.74) is 0. The van der Waals surface area contributed by atoms with Crippen LogP contribution >= 0.6 is 19.8 Å². The molecule has 2 unspecified atom stereocenters. The van der Waals surface area contributed by atoms with Crippen LogP contribution in [0.5, 0.6) is 0 Å². The van der Waals surface area contributed by atoms with Crippen molar-refractivity contribution in [2.24, 2.45) is 0 Å². The smallest absolute Gasteiger partial charge is 0.832 e. The fourth-order valence-electron chi connectivity index (χ4n) is 0. The molecule has 0 heterocycles. The minimum atomic E-state index is -2.42. The molecule has 0 saturated carbocycles. The van der Waals surface area contributed by atoms with Gasteiger partial charge in [0.1, 0.15) is 0 Å². The van der Waals surface area contributed by atoms with E-state index in [1.807, 2.05) is 0 Å². The molecule has 0 aromatic heterocycles. The van der Waals surface area contributed by atoms with Gasteiger partial charge in [0.25, 0.3) is 0 Å². The molecule has 0 aliphatic rings. The van der Waals surface area contributed by atoms with Crippen LogP contribution in [0.15, 0.2) is 0 Å². The SMILES string of the molecule is P.P.[Li+].[O-]B(O)O. The predicted octanol–water partition coefficient (Wildman–Crippen LogP) is -5.56. The van der Waals surface area contributed by atoms with Gasteiger partial charge in [0.2, 0.25) is 0 Å². The van der Waals surface area contributed by atoms with Crippen molar-refractivity contribution in [2.45, 2.75) is 0 Å². The van der Waals surface area contributed by atoms with Crippen molar-refractivity contribution < 1.29 is 33.9 Å². The van der Waals surface area contributed by atoms with Crippen LogP contribution in [0.3, 0.4) is 0 Å². The normalized spacial score (nSPS) is 3.86. The fraction of sp³-hybridized carbons (Fsp3) is 0. The molecule has 2 atom stereocenters. The molecule has 0 saturated heterocycles. The van der Waals surface area contributed by atoms with Crippen molar-refractivity contribution in [1.29, 1.82) is 0 Å². The zero-order chi connectivity index (χ0) is 3.58. The van der Waals surface area contributed by atoms with E-state index in [9.17, 15) is 0 Å². The number of hydrogen-bond donors (Lipinski definition) is 2. The van der Waals surface area contributed by atoms with Gasteiger partial charge in [0.15, 0.2) is 0 Å². The second kappa shape index (κ2) is 15.7. The van der Waals surface area contributed by atoms with Crippen molar-refractivity contribution in [1.82, 2.24) is 0 Å². The van der Waals surface area contributed by atoms with E-state index in [-0.39, 0.29) is 38.7 Å². The second-order valence-corrected chi connectivity index (χ2v) is 0.326. The zero-order valence-corrected chi connectivity index (χ0v) is 7.12. The molecule has 0 aliphatic carbocycles. The van der Waals surface area contributed by atoms with Gasteiger partial charge in [-0.2, -0.15) is 19.8 Å². The Balaban J connectivity index is -0.0000000150. The third-order valence-corrected chi connectivity index (χ3v) is 0. The van der Waals surface area contributed by atoms with Gasteiger partial charge in [-0.1, -0.05) is 0 Å². The summed E-state index contributed by atoms with van der Waals surface area (Å²) in [6.45, 7) is 0. The molecular weight excluding hydrogens is 128 g/mol. The topological polar surface area (TPSA) is 63.5 Å². The van der Waals surface area contributed by atoms with Gasteiger partial charge in [-0.05, 0) is 0 Å². The Morgan fingerprint density at radius 1 is 1.14 bits per heavy atom. The Morgan fingerprint density at radius 2 is 1.14 bits per heavy atom. The van der Waals surface area contributed by atoms with Crippen LogP contribution in [0.1, 0.15) is 0 Å².